The van der Waals surface area contributed by atoms with Gasteiger partial charge in [-0.3, -0.25) is 4.70 Å². The Morgan fingerprint density at radius 1 is 1.00 bits per heavy atom. The van der Waals surface area contributed by atoms with E-state index in [1.165, 1.54) is 0 Å². The molecule has 0 aromatic heterocycles. The van der Waals surface area contributed by atoms with Crippen LogP contribution in [0.4, 0.5) is 4.70 Å². The molecule has 0 spiro atoms. The fourth-order valence-electron chi connectivity index (χ4n) is 0. The van der Waals surface area contributed by atoms with Crippen LogP contribution in [0.25, 0.3) is 0 Å². The van der Waals surface area contributed by atoms with Crippen LogP contribution in [0.3, 0.4) is 0 Å². The molecule has 0 amide bonds. The summed E-state index contributed by atoms with van der Waals surface area (Å²) in [6, 6.07) is 0. The summed E-state index contributed by atoms with van der Waals surface area (Å²) in [6.45, 7) is 0. The van der Waals surface area contributed by atoms with E-state index in [9.17, 15) is 0 Å². The van der Waals surface area contributed by atoms with Crippen molar-refractivity contribution in [3.05, 3.63) is 0 Å². The van der Waals surface area contributed by atoms with Crippen LogP contribution >= 0.6 is 0 Å². The molecule has 4 heavy (non-hydrogen) atoms. The second-order valence-electron chi connectivity index (χ2n) is 0. The van der Waals surface area contributed by atoms with Crippen molar-refractivity contribution >= 4 is 23.1 Å². The summed E-state index contributed by atoms with van der Waals surface area (Å²) >= 11 is 0. The van der Waals surface area contributed by atoms with E-state index in [0.29, 0.717) is 0 Å². The van der Waals surface area contributed by atoms with Gasteiger partial charge in [-0.25, -0.2) is 0 Å². The van der Waals surface area contributed by atoms with Gasteiger partial charge in [0.2, 0.25) is 0 Å². The molecular formula is H5FMgOZn. The molecule has 0 saturated carbocycles. The molecule has 0 aromatic carbocycles. The van der Waals surface area contributed by atoms with Crippen molar-refractivity contribution in [1.82, 2.24) is 0 Å². The van der Waals surface area contributed by atoms with Gasteiger partial charge in [0.25, 0.3) is 0 Å². The third-order valence-electron chi connectivity index (χ3n) is 0. The Balaban J connectivity index is 0. The van der Waals surface area contributed by atoms with Crippen LogP contribution in [-0.2, 0) is 19.5 Å². The van der Waals surface area contributed by atoms with E-state index >= 15 is 0 Å². The van der Waals surface area contributed by atoms with E-state index < -0.39 is 0 Å². The zero-order valence-corrected chi connectivity index (χ0v) is 4.58. The first-order valence-electron chi connectivity index (χ1n) is 0. The van der Waals surface area contributed by atoms with E-state index in [-0.39, 0.29) is 52.7 Å². The number of halogens is 1. The van der Waals surface area contributed by atoms with Crippen LogP contribution in [0, 0.1) is 0 Å². The van der Waals surface area contributed by atoms with Gasteiger partial charge in [0.15, 0.2) is 0 Å². The summed E-state index contributed by atoms with van der Waals surface area (Å²) in [7, 11) is 0. The fourth-order valence-corrected chi connectivity index (χ4v) is 0. The summed E-state index contributed by atoms with van der Waals surface area (Å²) in [5.41, 5.74) is 0. The first-order chi connectivity index (χ1) is 0. The standard InChI is InChI=1S/FH.Mg.H2O.Zn.2H/h1H;;1H2;;;. The first kappa shape index (κ1) is 59.1. The van der Waals surface area contributed by atoms with Gasteiger partial charge in [-0.2, -0.15) is 0 Å². The minimum absolute atomic E-state index is 0. The monoisotopic (exact) mass is 128 g/mol. The predicted molar refractivity (Wildman–Crippen MR) is 14.7 cm³/mol. The maximum Gasteiger partial charge on any atom is 0.316 e. The van der Waals surface area contributed by atoms with Crippen molar-refractivity contribution in [1.29, 1.82) is 0 Å². The van der Waals surface area contributed by atoms with Crippen molar-refractivity contribution < 1.29 is 29.7 Å². The second-order valence-corrected chi connectivity index (χ2v) is 0. The molecule has 0 aliphatic rings. The number of rotatable bonds is 0. The van der Waals surface area contributed by atoms with E-state index in [1.54, 1.807) is 0 Å². The summed E-state index contributed by atoms with van der Waals surface area (Å²) in [6.07, 6.45) is 0. The van der Waals surface area contributed by atoms with Gasteiger partial charge in [-0.05, 0) is 0 Å². The maximum absolute atomic E-state index is 0. The molecule has 0 aliphatic heterocycles. The minimum atomic E-state index is 0. The molecule has 0 rings (SSSR count). The molecule has 0 aliphatic carbocycles. The van der Waals surface area contributed by atoms with E-state index in [4.69, 9.17) is 0 Å². The van der Waals surface area contributed by atoms with Crippen LogP contribution in [0.15, 0.2) is 0 Å². The molecule has 0 radical (unpaired) electrons. The summed E-state index contributed by atoms with van der Waals surface area (Å²) in [5.74, 6) is 0. The quantitative estimate of drug-likeness (QED) is 0.354. The Labute approximate surface area is 52.7 Å². The van der Waals surface area contributed by atoms with Gasteiger partial charge in [0, 0.05) is 19.5 Å². The molecule has 0 atom stereocenters. The van der Waals surface area contributed by atoms with Crippen LogP contribution in [0.1, 0.15) is 0 Å². The fraction of sp³-hybridized carbons (Fsp3) is 0. The predicted octanol–water partition coefficient (Wildman–Crippen LogP) is -1.59. The molecule has 4 heteroatoms. The van der Waals surface area contributed by atoms with E-state index in [1.807, 2.05) is 0 Å². The van der Waals surface area contributed by atoms with Gasteiger partial charge in [-0.1, -0.05) is 0 Å². The zero-order chi connectivity index (χ0) is 0. The average molecular weight is 130 g/mol. The molecule has 0 aromatic rings. The molecule has 0 heterocycles. The van der Waals surface area contributed by atoms with Crippen LogP contribution in [0.5, 0.6) is 0 Å². The number of hydrogen-bond acceptors (Lipinski definition) is 0. The van der Waals surface area contributed by atoms with Crippen molar-refractivity contribution in [2.75, 3.05) is 0 Å². The Kier molecular flexibility index (Phi) is 415. The molecular weight excluding hydrogens is 125 g/mol. The largest absolute Gasteiger partial charge is 0.412 e. The minimum Gasteiger partial charge on any atom is -0.412 e. The molecule has 0 unspecified atom stereocenters. The zero-order valence-electron chi connectivity index (χ0n) is 1.62. The second kappa shape index (κ2) is 28.1. The third kappa shape index (κ3) is 10.4. The van der Waals surface area contributed by atoms with Crippen LogP contribution < -0.4 is 0 Å². The Hall–Kier alpha value is 1.28. The number of hydrogen-bond donors (Lipinski definition) is 0. The van der Waals surface area contributed by atoms with E-state index in [0.717, 1.165) is 0 Å². The summed E-state index contributed by atoms with van der Waals surface area (Å²) in [5, 5.41) is 0. The summed E-state index contributed by atoms with van der Waals surface area (Å²) in [4.78, 5) is 0. The Bertz CT molecular complexity index is 8.00. The molecule has 1 nitrogen and oxygen atoms in total. The van der Waals surface area contributed by atoms with E-state index in [2.05, 4.69) is 0 Å². The molecule has 0 saturated heterocycles. The van der Waals surface area contributed by atoms with Gasteiger partial charge >= 0.3 is 23.1 Å². The topological polar surface area (TPSA) is 31.5 Å². The SMILES string of the molecule is F.O.[MgH2].[Zn]. The molecule has 0 bridgehead atoms. The van der Waals surface area contributed by atoms with Crippen LogP contribution in [0.2, 0.25) is 0 Å². The Morgan fingerprint density at radius 3 is 1.00 bits per heavy atom. The molecule has 2 N–H and O–H groups in total. The summed E-state index contributed by atoms with van der Waals surface area (Å²) < 4.78 is 0. The van der Waals surface area contributed by atoms with Crippen molar-refractivity contribution in [2.45, 2.75) is 0 Å². The maximum atomic E-state index is 0. The first-order valence-corrected chi connectivity index (χ1v) is 0. The average Bonchev–Trinajstić information content (AvgIpc) is 0. The Morgan fingerprint density at radius 2 is 1.00 bits per heavy atom. The van der Waals surface area contributed by atoms with Crippen molar-refractivity contribution in [3.8, 4) is 0 Å². The van der Waals surface area contributed by atoms with Gasteiger partial charge in [0.05, 0.1) is 0 Å². The van der Waals surface area contributed by atoms with Gasteiger partial charge in [0.1, 0.15) is 0 Å². The van der Waals surface area contributed by atoms with Gasteiger partial charge in [-0.15, -0.1) is 0 Å². The van der Waals surface area contributed by atoms with Crippen molar-refractivity contribution in [2.24, 2.45) is 0 Å². The molecule has 0 fully saturated rings. The normalized spacial score (nSPS) is 0. The van der Waals surface area contributed by atoms with Crippen LogP contribution in [-0.4, -0.2) is 28.5 Å². The molecule has 22 valence electrons. The van der Waals surface area contributed by atoms with Gasteiger partial charge < -0.3 is 5.48 Å². The van der Waals surface area contributed by atoms with Crippen molar-refractivity contribution in [3.63, 3.8) is 0 Å². The third-order valence-corrected chi connectivity index (χ3v) is 0. The smallest absolute Gasteiger partial charge is 0.316 e.